The molecule has 1 saturated heterocycles. The highest BCUT2D eigenvalue weighted by atomic mass is 32.1. The minimum absolute atomic E-state index is 0.0815. The zero-order valence-corrected chi connectivity index (χ0v) is 15.4. The molecule has 0 radical (unpaired) electrons. The van der Waals surface area contributed by atoms with E-state index < -0.39 is 0 Å². The fourth-order valence-corrected chi connectivity index (χ4v) is 5.66. The monoisotopic (exact) mass is 367 g/mol. The van der Waals surface area contributed by atoms with E-state index >= 15 is 0 Å². The lowest BCUT2D eigenvalue weighted by Crippen LogP contribution is -2.49. The van der Waals surface area contributed by atoms with E-state index in [0.717, 1.165) is 19.4 Å². The summed E-state index contributed by atoms with van der Waals surface area (Å²) in [6, 6.07) is 7.63. The van der Waals surface area contributed by atoms with E-state index in [-0.39, 0.29) is 11.5 Å². The van der Waals surface area contributed by atoms with Crippen LogP contribution in [0.25, 0.3) is 15.9 Å². The Hall–Kier alpha value is -2.21. The minimum Gasteiger partial charge on any atom is -0.335 e. The highest BCUT2D eigenvalue weighted by Gasteiger charge is 2.36. The molecule has 6 heteroatoms. The van der Waals surface area contributed by atoms with E-state index in [0.29, 0.717) is 32.7 Å². The van der Waals surface area contributed by atoms with E-state index in [1.165, 1.54) is 37.0 Å². The number of hydrogen-bond donors (Lipinski definition) is 0. The molecule has 1 aliphatic heterocycles. The molecule has 1 saturated carbocycles. The zero-order chi connectivity index (χ0) is 17.7. The largest absolute Gasteiger partial charge is 0.335 e. The second-order valence-corrected chi connectivity index (χ2v) is 8.46. The van der Waals surface area contributed by atoms with Gasteiger partial charge in [0, 0.05) is 18.8 Å². The van der Waals surface area contributed by atoms with Crippen LogP contribution >= 0.6 is 11.3 Å². The van der Waals surface area contributed by atoms with Gasteiger partial charge in [-0.2, -0.15) is 0 Å². The highest BCUT2D eigenvalue weighted by Crippen LogP contribution is 2.36. The van der Waals surface area contributed by atoms with Gasteiger partial charge in [0.15, 0.2) is 0 Å². The van der Waals surface area contributed by atoms with Gasteiger partial charge < -0.3 is 4.90 Å². The summed E-state index contributed by atoms with van der Waals surface area (Å²) in [4.78, 5) is 33.9. The molecule has 3 aromatic heterocycles. The predicted octanol–water partition coefficient (Wildman–Crippen LogP) is 3.70. The first-order valence-electron chi connectivity index (χ1n) is 9.44. The normalized spacial score (nSPS) is 23.3. The van der Waals surface area contributed by atoms with Crippen molar-refractivity contribution < 1.29 is 4.79 Å². The number of pyridine rings is 1. The van der Waals surface area contributed by atoms with Crippen molar-refractivity contribution in [3.05, 3.63) is 45.7 Å². The molecule has 5 nitrogen and oxygen atoms in total. The average Bonchev–Trinajstić information content (AvgIpc) is 3.11. The summed E-state index contributed by atoms with van der Waals surface area (Å²) >= 11 is 1.35. The van der Waals surface area contributed by atoms with Gasteiger partial charge in [-0.15, -0.1) is 11.3 Å². The van der Waals surface area contributed by atoms with Gasteiger partial charge in [-0.3, -0.25) is 14.0 Å². The van der Waals surface area contributed by atoms with E-state index in [2.05, 4.69) is 9.88 Å². The van der Waals surface area contributed by atoms with Crippen LogP contribution in [0.1, 0.15) is 48.2 Å². The maximum atomic E-state index is 13.2. The van der Waals surface area contributed by atoms with E-state index in [1.807, 2.05) is 18.2 Å². The van der Waals surface area contributed by atoms with E-state index in [9.17, 15) is 9.59 Å². The third-order valence-corrected chi connectivity index (χ3v) is 6.95. The summed E-state index contributed by atoms with van der Waals surface area (Å²) in [5.74, 6) is 0.736. The predicted molar refractivity (Wildman–Crippen MR) is 103 cm³/mol. The van der Waals surface area contributed by atoms with Crippen molar-refractivity contribution in [3.63, 3.8) is 0 Å². The molecule has 4 heterocycles. The van der Waals surface area contributed by atoms with Crippen molar-refractivity contribution in [1.82, 2.24) is 14.3 Å². The van der Waals surface area contributed by atoms with Gasteiger partial charge in [-0.05, 0) is 49.8 Å². The van der Waals surface area contributed by atoms with E-state index in [1.54, 1.807) is 16.7 Å². The van der Waals surface area contributed by atoms with Gasteiger partial charge in [-0.1, -0.05) is 18.9 Å². The number of carbonyl (C=O) groups excluding carboxylic acids is 1. The standard InChI is InChI=1S/C20H21N3O2S/c24-19-14-12-16(26-18(14)21-17-9-3-4-10-23(17)19)20(25)22-11-5-7-13-6-1-2-8-15(13)22/h3-4,9-10,12-13,15H,1-2,5-8,11H2/t13-,15+/m1/s1. The fourth-order valence-electron chi connectivity index (χ4n) is 4.67. The third kappa shape index (κ3) is 2.47. The van der Waals surface area contributed by atoms with Crippen molar-refractivity contribution in [2.75, 3.05) is 6.54 Å². The van der Waals surface area contributed by atoms with Crippen molar-refractivity contribution >= 4 is 33.1 Å². The summed E-state index contributed by atoms with van der Waals surface area (Å²) in [5, 5.41) is 0.541. The Balaban J connectivity index is 1.56. The first-order valence-corrected chi connectivity index (χ1v) is 10.3. The van der Waals surface area contributed by atoms with Crippen LogP contribution in [0.2, 0.25) is 0 Å². The lowest BCUT2D eigenvalue weighted by atomic mass is 9.78. The van der Waals surface area contributed by atoms with Gasteiger partial charge in [0.1, 0.15) is 10.5 Å². The minimum atomic E-state index is -0.102. The molecule has 2 fully saturated rings. The second-order valence-electron chi connectivity index (χ2n) is 7.43. The molecule has 2 atom stereocenters. The van der Waals surface area contributed by atoms with Crippen LogP contribution in [0, 0.1) is 5.92 Å². The SMILES string of the molecule is O=C(c1cc2c(=O)n3ccccc3nc2s1)N1CCC[C@H]2CCCC[C@@H]21. The van der Waals surface area contributed by atoms with Crippen LogP contribution in [-0.2, 0) is 0 Å². The Kier molecular flexibility index (Phi) is 3.81. The van der Waals surface area contributed by atoms with Crippen LogP contribution in [0.3, 0.4) is 0 Å². The Labute approximate surface area is 155 Å². The number of likely N-dealkylation sites (tertiary alicyclic amines) is 1. The van der Waals surface area contributed by atoms with E-state index in [4.69, 9.17) is 0 Å². The maximum absolute atomic E-state index is 13.2. The van der Waals surface area contributed by atoms with Crippen molar-refractivity contribution in [3.8, 4) is 0 Å². The van der Waals surface area contributed by atoms with Crippen LogP contribution < -0.4 is 5.56 Å². The number of thiophene rings is 1. The summed E-state index contributed by atoms with van der Waals surface area (Å²) in [6.07, 6.45) is 8.92. The van der Waals surface area contributed by atoms with Crippen molar-refractivity contribution in [2.24, 2.45) is 5.92 Å². The fraction of sp³-hybridized carbons (Fsp3) is 0.450. The van der Waals surface area contributed by atoms with Gasteiger partial charge >= 0.3 is 0 Å². The molecule has 3 aromatic rings. The molecule has 5 rings (SSSR count). The average molecular weight is 367 g/mol. The summed E-state index contributed by atoms with van der Waals surface area (Å²) in [6.45, 7) is 0.836. The molecule has 0 aromatic carbocycles. The number of aromatic nitrogens is 2. The third-order valence-electron chi connectivity index (χ3n) is 5.93. The molecule has 134 valence electrons. The molecule has 1 amide bonds. The highest BCUT2D eigenvalue weighted by molar-refractivity contribution is 7.20. The van der Waals surface area contributed by atoms with Gasteiger partial charge in [-0.25, -0.2) is 4.98 Å². The first kappa shape index (κ1) is 16.0. The number of hydrogen-bond acceptors (Lipinski definition) is 4. The van der Waals surface area contributed by atoms with Crippen LogP contribution in [0.15, 0.2) is 35.3 Å². The zero-order valence-electron chi connectivity index (χ0n) is 14.6. The number of rotatable bonds is 1. The number of amides is 1. The summed E-state index contributed by atoms with van der Waals surface area (Å²) in [5.41, 5.74) is 0.520. The summed E-state index contributed by atoms with van der Waals surface area (Å²) < 4.78 is 1.54. The molecule has 1 aliphatic carbocycles. The van der Waals surface area contributed by atoms with Crippen LogP contribution in [0.4, 0.5) is 0 Å². The van der Waals surface area contributed by atoms with Gasteiger partial charge in [0.2, 0.25) is 0 Å². The van der Waals surface area contributed by atoms with Crippen molar-refractivity contribution in [2.45, 2.75) is 44.6 Å². The number of carbonyl (C=O) groups is 1. The topological polar surface area (TPSA) is 54.7 Å². The van der Waals surface area contributed by atoms with Crippen molar-refractivity contribution in [1.29, 1.82) is 0 Å². The lowest BCUT2D eigenvalue weighted by molar-refractivity contribution is 0.0395. The maximum Gasteiger partial charge on any atom is 0.266 e. The number of fused-ring (bicyclic) bond motifs is 3. The van der Waals surface area contributed by atoms with Gasteiger partial charge in [0.25, 0.3) is 11.5 Å². The Morgan fingerprint density at radius 3 is 2.92 bits per heavy atom. The molecule has 26 heavy (non-hydrogen) atoms. The van der Waals surface area contributed by atoms with Crippen LogP contribution in [-0.4, -0.2) is 32.8 Å². The Morgan fingerprint density at radius 2 is 2.00 bits per heavy atom. The van der Waals surface area contributed by atoms with Gasteiger partial charge in [0.05, 0.1) is 10.3 Å². The summed E-state index contributed by atoms with van der Waals surface area (Å²) in [7, 11) is 0. The lowest BCUT2D eigenvalue weighted by Gasteiger charge is -2.44. The smallest absolute Gasteiger partial charge is 0.266 e. The Bertz CT molecular complexity index is 1050. The molecule has 0 bridgehead atoms. The molecule has 2 aliphatic rings. The first-order chi connectivity index (χ1) is 12.7. The van der Waals surface area contributed by atoms with Crippen LogP contribution in [0.5, 0.6) is 0 Å². The molecule has 0 N–H and O–H groups in total. The Morgan fingerprint density at radius 1 is 1.15 bits per heavy atom. The quantitative estimate of drug-likeness (QED) is 0.659. The molecule has 0 unspecified atom stereocenters. The number of nitrogens with zero attached hydrogens (tertiary/aromatic N) is 3. The molecular formula is C20H21N3O2S. The number of piperidine rings is 1. The molecule has 0 spiro atoms. The second kappa shape index (κ2) is 6.20. The molecular weight excluding hydrogens is 346 g/mol.